The lowest BCUT2D eigenvalue weighted by Crippen LogP contribution is -2.39. The summed E-state index contributed by atoms with van der Waals surface area (Å²) in [6.07, 6.45) is 0. The molecule has 7 aromatic carbocycles. The first kappa shape index (κ1) is 33.7. The van der Waals surface area contributed by atoms with Crippen molar-refractivity contribution in [3.63, 3.8) is 0 Å². The maximum absolute atomic E-state index is 15.6. The van der Waals surface area contributed by atoms with Gasteiger partial charge in [0.1, 0.15) is 28.9 Å². The predicted octanol–water partition coefficient (Wildman–Crippen LogP) is 10.2. The Morgan fingerprint density at radius 2 is 0.725 bits per heavy atom. The third-order valence-electron chi connectivity index (χ3n) is 8.99. The lowest BCUT2D eigenvalue weighted by Gasteiger charge is -2.37. The zero-order valence-corrected chi connectivity index (χ0v) is 27.0. The summed E-state index contributed by atoms with van der Waals surface area (Å²) in [6.45, 7) is 0. The molecule has 0 aliphatic heterocycles. The van der Waals surface area contributed by atoms with E-state index in [0.29, 0.717) is 50.1 Å². The van der Waals surface area contributed by atoms with E-state index in [1.54, 1.807) is 140 Å². The molecule has 0 atom stereocenters. The van der Waals surface area contributed by atoms with E-state index in [2.05, 4.69) is 0 Å². The number of rotatable bonds is 9. The molecule has 0 aliphatic rings. The van der Waals surface area contributed by atoms with E-state index in [9.17, 15) is 18.8 Å². The normalized spacial score (nSPS) is 11.4. The van der Waals surface area contributed by atoms with Gasteiger partial charge < -0.3 is 14.7 Å². The summed E-state index contributed by atoms with van der Waals surface area (Å²) in [6, 6.07) is 43.3. The minimum atomic E-state index is -2.31. The Morgan fingerprint density at radius 1 is 0.373 bits per heavy atom. The molecule has 0 heterocycles. The van der Waals surface area contributed by atoms with Crippen molar-refractivity contribution in [1.82, 2.24) is 0 Å². The van der Waals surface area contributed by atoms with Gasteiger partial charge in [-0.25, -0.2) is 17.6 Å². The van der Waals surface area contributed by atoms with Gasteiger partial charge in [0, 0.05) is 22.3 Å². The van der Waals surface area contributed by atoms with Crippen LogP contribution in [0.3, 0.4) is 0 Å². The van der Waals surface area contributed by atoms with Crippen LogP contribution in [0.15, 0.2) is 164 Å². The molecule has 0 bridgehead atoms. The second-order valence-corrected chi connectivity index (χ2v) is 12.0. The minimum Gasteiger partial charge on any atom is -0.402 e. The summed E-state index contributed by atoms with van der Waals surface area (Å²) in [4.78, 5) is 0. The molecule has 0 saturated heterocycles. The zero-order valence-electron chi connectivity index (χ0n) is 27.0. The Balaban J connectivity index is 1.50. The number of hydrogen-bond acceptors (Lipinski definition) is 3. The molecule has 2 N–H and O–H groups in total. The number of hydrogen-bond donors (Lipinski definition) is 2. The number of halogens is 4. The van der Waals surface area contributed by atoms with Gasteiger partial charge in [-0.1, -0.05) is 133 Å². The number of benzene rings is 7. The summed E-state index contributed by atoms with van der Waals surface area (Å²) in [7, 11) is -2.31. The van der Waals surface area contributed by atoms with Crippen molar-refractivity contribution in [2.24, 2.45) is 0 Å². The van der Waals surface area contributed by atoms with Crippen LogP contribution in [0.25, 0.3) is 44.5 Å². The third-order valence-corrected chi connectivity index (χ3v) is 8.99. The molecule has 3 nitrogen and oxygen atoms in total. The van der Waals surface area contributed by atoms with Crippen LogP contribution in [0, 0.1) is 23.3 Å². The Kier molecular flexibility index (Phi) is 9.39. The molecule has 8 heteroatoms. The van der Waals surface area contributed by atoms with Crippen molar-refractivity contribution < 1.29 is 32.3 Å². The smallest absolute Gasteiger partial charge is 0.402 e. The van der Waals surface area contributed by atoms with Gasteiger partial charge >= 0.3 is 7.32 Å². The zero-order chi connectivity index (χ0) is 35.5. The van der Waals surface area contributed by atoms with Crippen molar-refractivity contribution >= 4 is 7.32 Å². The molecule has 0 amide bonds. The fourth-order valence-corrected chi connectivity index (χ4v) is 6.60. The Bertz CT molecular complexity index is 2240. The van der Waals surface area contributed by atoms with Gasteiger partial charge in [0.2, 0.25) is 0 Å². The lowest BCUT2D eigenvalue weighted by atomic mass is 9.76. The van der Waals surface area contributed by atoms with Crippen molar-refractivity contribution in [2.45, 2.75) is 5.60 Å². The first-order valence-corrected chi connectivity index (χ1v) is 16.2. The van der Waals surface area contributed by atoms with Crippen LogP contribution >= 0.6 is 0 Å². The Labute approximate surface area is 292 Å². The molecule has 51 heavy (non-hydrogen) atoms. The second kappa shape index (κ2) is 14.2. The van der Waals surface area contributed by atoms with Gasteiger partial charge in [-0.05, 0) is 69.3 Å². The summed E-state index contributed by atoms with van der Waals surface area (Å²) in [5, 5.41) is 21.1. The second-order valence-electron chi connectivity index (χ2n) is 12.0. The van der Waals surface area contributed by atoms with Crippen molar-refractivity contribution in [3.8, 4) is 44.5 Å². The molecule has 0 unspecified atom stereocenters. The van der Waals surface area contributed by atoms with E-state index in [4.69, 9.17) is 4.65 Å². The highest BCUT2D eigenvalue weighted by Crippen LogP contribution is 2.45. The van der Waals surface area contributed by atoms with Crippen LogP contribution in [0.5, 0.6) is 0 Å². The summed E-state index contributed by atoms with van der Waals surface area (Å²) in [5.41, 5.74) is 2.35. The molecule has 7 rings (SSSR count). The molecule has 0 aromatic heterocycles. The lowest BCUT2D eigenvalue weighted by molar-refractivity contribution is 0.0816. The first-order chi connectivity index (χ1) is 24.8. The highest BCUT2D eigenvalue weighted by Gasteiger charge is 2.41. The van der Waals surface area contributed by atoms with Gasteiger partial charge in [0.25, 0.3) is 0 Å². The molecule has 0 saturated carbocycles. The van der Waals surface area contributed by atoms with Gasteiger partial charge in [0.05, 0.1) is 0 Å². The summed E-state index contributed by atoms with van der Waals surface area (Å²) < 4.78 is 66.5. The van der Waals surface area contributed by atoms with Crippen molar-refractivity contribution in [1.29, 1.82) is 0 Å². The van der Waals surface area contributed by atoms with Crippen LogP contribution < -0.4 is 0 Å². The molecule has 7 aromatic rings. The van der Waals surface area contributed by atoms with Crippen LogP contribution in [0.1, 0.15) is 16.7 Å². The van der Waals surface area contributed by atoms with Crippen molar-refractivity contribution in [3.05, 3.63) is 204 Å². The Morgan fingerprint density at radius 3 is 1.12 bits per heavy atom. The van der Waals surface area contributed by atoms with Gasteiger partial charge in [-0.3, -0.25) is 0 Å². The first-order valence-electron chi connectivity index (χ1n) is 16.2. The van der Waals surface area contributed by atoms with E-state index < -0.39 is 36.2 Å². The highest BCUT2D eigenvalue weighted by molar-refractivity contribution is 6.33. The molecular formula is C43H29BF4O3. The highest BCUT2D eigenvalue weighted by atomic mass is 19.1. The fourth-order valence-electron chi connectivity index (χ4n) is 6.60. The van der Waals surface area contributed by atoms with Gasteiger partial charge in [-0.2, -0.15) is 0 Å². The largest absolute Gasteiger partial charge is 0.635 e. The average Bonchev–Trinajstić information content (AvgIpc) is 3.15. The maximum atomic E-state index is 15.6. The van der Waals surface area contributed by atoms with Crippen molar-refractivity contribution in [2.75, 3.05) is 0 Å². The maximum Gasteiger partial charge on any atom is 0.635 e. The van der Waals surface area contributed by atoms with Gasteiger partial charge in [0.15, 0.2) is 0 Å². The molecule has 0 aliphatic carbocycles. The van der Waals surface area contributed by atoms with E-state index in [1.165, 1.54) is 24.3 Å². The van der Waals surface area contributed by atoms with E-state index in [0.717, 1.165) is 0 Å². The molecule has 0 fully saturated rings. The Hall–Kier alpha value is -5.80. The standard InChI is InChI=1S/C43H29BF4O3/c45-39-13-5-1-9-33(39)28-17-21-30(22-18-28)43(51-44(49)50,31-23-19-29(20-24-31)34-10-2-6-14-40(34)46)32-25-26-35(36-11-3-7-15-41(36)47)38(27-32)37-12-4-8-16-42(37)48/h1-27,49-50H. The van der Waals surface area contributed by atoms with Gasteiger partial charge in [-0.15, -0.1) is 0 Å². The topological polar surface area (TPSA) is 49.7 Å². The van der Waals surface area contributed by atoms with E-state index in [1.807, 2.05) is 0 Å². The fraction of sp³-hybridized carbons (Fsp3) is 0.0233. The van der Waals surface area contributed by atoms with Crippen LogP contribution in [-0.2, 0) is 10.3 Å². The quantitative estimate of drug-likeness (QED) is 0.0907. The van der Waals surface area contributed by atoms with Crippen LogP contribution in [-0.4, -0.2) is 17.4 Å². The molecule has 0 radical (unpaired) electrons. The summed E-state index contributed by atoms with van der Waals surface area (Å²) in [5.74, 6) is -1.89. The van der Waals surface area contributed by atoms with E-state index in [-0.39, 0.29) is 11.1 Å². The molecule has 0 spiro atoms. The van der Waals surface area contributed by atoms with Crippen LogP contribution in [0.4, 0.5) is 17.6 Å². The third kappa shape index (κ3) is 6.48. The minimum absolute atomic E-state index is 0.181. The monoisotopic (exact) mass is 680 g/mol. The SMILES string of the molecule is OB(O)OC(c1ccc(-c2ccccc2F)cc1)(c1ccc(-c2ccccc2F)cc1)c1ccc(-c2ccccc2F)c(-c2ccccc2F)c1. The van der Waals surface area contributed by atoms with Crippen LogP contribution in [0.2, 0.25) is 0 Å². The predicted molar refractivity (Wildman–Crippen MR) is 192 cm³/mol. The van der Waals surface area contributed by atoms with E-state index >= 15 is 8.78 Å². The average molecular weight is 681 g/mol. The summed E-state index contributed by atoms with van der Waals surface area (Å²) >= 11 is 0. The molecular weight excluding hydrogens is 651 g/mol. The molecule has 250 valence electrons.